The summed E-state index contributed by atoms with van der Waals surface area (Å²) in [5.41, 5.74) is 6.28. The van der Waals surface area contributed by atoms with Crippen LogP contribution in [0.5, 0.6) is 0 Å². The molecule has 0 spiro atoms. The highest BCUT2D eigenvalue weighted by atomic mass is 16.2. The second kappa shape index (κ2) is 7.11. The van der Waals surface area contributed by atoms with Gasteiger partial charge >= 0.3 is 0 Å². The van der Waals surface area contributed by atoms with E-state index in [1.54, 1.807) is 13.8 Å². The van der Waals surface area contributed by atoms with Gasteiger partial charge in [0, 0.05) is 44.5 Å². The van der Waals surface area contributed by atoms with E-state index in [0.29, 0.717) is 0 Å². The van der Waals surface area contributed by atoms with Crippen LogP contribution in [0.3, 0.4) is 0 Å². The largest absolute Gasteiger partial charge is 0.369 e. The standard InChI is InChI=1S/C17H28N4O/c1-14(19-16(22)17(2,3)18)13-20-9-11-21(12-10-20)15-7-5-4-6-8-15/h4-8,14H,9-13,18H2,1-3H3,(H,19,22). The summed E-state index contributed by atoms with van der Waals surface area (Å²) in [6, 6.07) is 10.6. The van der Waals surface area contributed by atoms with Gasteiger partial charge in [-0.1, -0.05) is 18.2 Å². The van der Waals surface area contributed by atoms with Gasteiger partial charge in [-0.05, 0) is 32.9 Å². The summed E-state index contributed by atoms with van der Waals surface area (Å²) in [7, 11) is 0. The summed E-state index contributed by atoms with van der Waals surface area (Å²) in [6.45, 7) is 10.4. The number of amides is 1. The highest BCUT2D eigenvalue weighted by Gasteiger charge is 2.24. The van der Waals surface area contributed by atoms with Gasteiger partial charge in [0.15, 0.2) is 0 Å². The second-order valence-electron chi connectivity index (χ2n) is 6.72. The molecule has 1 aliphatic heterocycles. The van der Waals surface area contributed by atoms with Crippen molar-refractivity contribution in [3.05, 3.63) is 30.3 Å². The molecule has 0 radical (unpaired) electrons. The Labute approximate surface area is 133 Å². The Morgan fingerprint density at radius 2 is 1.82 bits per heavy atom. The molecule has 22 heavy (non-hydrogen) atoms. The minimum atomic E-state index is -0.819. The lowest BCUT2D eigenvalue weighted by atomic mass is 10.1. The fourth-order valence-electron chi connectivity index (χ4n) is 2.67. The summed E-state index contributed by atoms with van der Waals surface area (Å²) in [6.07, 6.45) is 0. The average molecular weight is 304 g/mol. The van der Waals surface area contributed by atoms with Crippen molar-refractivity contribution >= 4 is 11.6 Å². The number of hydrogen-bond acceptors (Lipinski definition) is 4. The van der Waals surface area contributed by atoms with E-state index in [1.807, 2.05) is 13.0 Å². The molecule has 1 atom stereocenters. The molecule has 1 amide bonds. The molecule has 1 saturated heterocycles. The molecule has 5 heteroatoms. The van der Waals surface area contributed by atoms with E-state index in [4.69, 9.17) is 5.73 Å². The van der Waals surface area contributed by atoms with Gasteiger partial charge in [0.1, 0.15) is 0 Å². The van der Waals surface area contributed by atoms with Crippen molar-refractivity contribution in [2.45, 2.75) is 32.4 Å². The number of para-hydroxylation sites is 1. The van der Waals surface area contributed by atoms with Crippen LogP contribution in [0.2, 0.25) is 0 Å². The van der Waals surface area contributed by atoms with Gasteiger partial charge in [0.25, 0.3) is 0 Å². The molecule has 1 unspecified atom stereocenters. The Morgan fingerprint density at radius 3 is 2.36 bits per heavy atom. The molecular weight excluding hydrogens is 276 g/mol. The Morgan fingerprint density at radius 1 is 1.23 bits per heavy atom. The zero-order valence-corrected chi connectivity index (χ0v) is 13.9. The van der Waals surface area contributed by atoms with Crippen LogP contribution in [0.1, 0.15) is 20.8 Å². The van der Waals surface area contributed by atoms with Gasteiger partial charge in [-0.2, -0.15) is 0 Å². The van der Waals surface area contributed by atoms with Gasteiger partial charge in [-0.25, -0.2) is 0 Å². The second-order valence-corrected chi connectivity index (χ2v) is 6.72. The van der Waals surface area contributed by atoms with Crippen LogP contribution in [-0.2, 0) is 4.79 Å². The van der Waals surface area contributed by atoms with E-state index in [9.17, 15) is 4.79 Å². The minimum Gasteiger partial charge on any atom is -0.369 e. The number of nitrogens with one attached hydrogen (secondary N) is 1. The maximum Gasteiger partial charge on any atom is 0.239 e. The molecule has 1 aromatic rings. The molecule has 1 aliphatic rings. The highest BCUT2D eigenvalue weighted by molar-refractivity contribution is 5.85. The van der Waals surface area contributed by atoms with Crippen molar-refractivity contribution in [3.63, 3.8) is 0 Å². The molecule has 3 N–H and O–H groups in total. The van der Waals surface area contributed by atoms with E-state index in [2.05, 4.69) is 39.4 Å². The quantitative estimate of drug-likeness (QED) is 0.853. The number of rotatable bonds is 5. The van der Waals surface area contributed by atoms with E-state index < -0.39 is 5.54 Å². The third-order valence-corrected chi connectivity index (χ3v) is 3.99. The van der Waals surface area contributed by atoms with E-state index >= 15 is 0 Å². The first-order valence-corrected chi connectivity index (χ1v) is 7.98. The SMILES string of the molecule is CC(CN1CCN(c2ccccc2)CC1)NC(=O)C(C)(C)N. The topological polar surface area (TPSA) is 61.6 Å². The smallest absolute Gasteiger partial charge is 0.239 e. The van der Waals surface area contributed by atoms with Crippen LogP contribution in [-0.4, -0.2) is 55.1 Å². The molecule has 0 aliphatic carbocycles. The van der Waals surface area contributed by atoms with E-state index in [0.717, 1.165) is 32.7 Å². The molecule has 0 bridgehead atoms. The zero-order valence-electron chi connectivity index (χ0n) is 13.9. The van der Waals surface area contributed by atoms with Crippen molar-refractivity contribution in [2.24, 2.45) is 5.73 Å². The molecule has 2 rings (SSSR count). The van der Waals surface area contributed by atoms with Crippen molar-refractivity contribution < 1.29 is 4.79 Å². The number of nitrogens with zero attached hydrogens (tertiary/aromatic N) is 2. The third-order valence-electron chi connectivity index (χ3n) is 3.99. The third kappa shape index (κ3) is 4.71. The van der Waals surface area contributed by atoms with Gasteiger partial charge in [-0.15, -0.1) is 0 Å². The summed E-state index contributed by atoms with van der Waals surface area (Å²) in [5.74, 6) is -0.0945. The molecule has 5 nitrogen and oxygen atoms in total. The van der Waals surface area contributed by atoms with Crippen LogP contribution in [0.25, 0.3) is 0 Å². The van der Waals surface area contributed by atoms with E-state index in [1.165, 1.54) is 5.69 Å². The predicted octanol–water partition coefficient (Wildman–Crippen LogP) is 1.05. The van der Waals surface area contributed by atoms with E-state index in [-0.39, 0.29) is 11.9 Å². The molecule has 1 fully saturated rings. The number of benzene rings is 1. The van der Waals surface area contributed by atoms with Gasteiger partial charge < -0.3 is 16.0 Å². The van der Waals surface area contributed by atoms with Crippen LogP contribution >= 0.6 is 0 Å². The van der Waals surface area contributed by atoms with Crippen LogP contribution < -0.4 is 16.0 Å². The van der Waals surface area contributed by atoms with Crippen LogP contribution in [0.4, 0.5) is 5.69 Å². The predicted molar refractivity (Wildman–Crippen MR) is 91.0 cm³/mol. The van der Waals surface area contributed by atoms with Crippen molar-refractivity contribution in [2.75, 3.05) is 37.6 Å². The number of piperazine rings is 1. The molecule has 0 saturated carbocycles. The lowest BCUT2D eigenvalue weighted by molar-refractivity contribution is -0.125. The van der Waals surface area contributed by atoms with Gasteiger partial charge in [0.2, 0.25) is 5.91 Å². The summed E-state index contributed by atoms with van der Waals surface area (Å²) in [4.78, 5) is 16.7. The average Bonchev–Trinajstić information content (AvgIpc) is 2.48. The minimum absolute atomic E-state index is 0.0945. The molecule has 122 valence electrons. The normalized spacial score (nSPS) is 18.1. The first-order valence-electron chi connectivity index (χ1n) is 7.98. The zero-order chi connectivity index (χ0) is 16.2. The number of anilines is 1. The number of carbonyl (C=O) groups is 1. The maximum atomic E-state index is 11.9. The number of hydrogen-bond donors (Lipinski definition) is 2. The number of nitrogens with two attached hydrogens (primary N) is 1. The van der Waals surface area contributed by atoms with Crippen LogP contribution in [0, 0.1) is 0 Å². The lowest BCUT2D eigenvalue weighted by Crippen LogP contribution is -2.55. The van der Waals surface area contributed by atoms with Gasteiger partial charge in [-0.3, -0.25) is 9.69 Å². The van der Waals surface area contributed by atoms with Gasteiger partial charge in [0.05, 0.1) is 5.54 Å². The van der Waals surface area contributed by atoms with Crippen LogP contribution in [0.15, 0.2) is 30.3 Å². The lowest BCUT2D eigenvalue weighted by Gasteiger charge is -2.37. The summed E-state index contributed by atoms with van der Waals surface area (Å²) < 4.78 is 0. The monoisotopic (exact) mass is 304 g/mol. The summed E-state index contributed by atoms with van der Waals surface area (Å²) in [5, 5.41) is 2.99. The molecule has 0 aromatic heterocycles. The van der Waals surface area contributed by atoms with Crippen molar-refractivity contribution in [1.29, 1.82) is 0 Å². The fourth-order valence-corrected chi connectivity index (χ4v) is 2.67. The highest BCUT2D eigenvalue weighted by Crippen LogP contribution is 2.15. The Hall–Kier alpha value is -1.59. The number of carbonyl (C=O) groups excluding carboxylic acids is 1. The summed E-state index contributed by atoms with van der Waals surface area (Å²) >= 11 is 0. The maximum absolute atomic E-state index is 11.9. The van der Waals surface area contributed by atoms with Crippen molar-refractivity contribution in [1.82, 2.24) is 10.2 Å². The van der Waals surface area contributed by atoms with Crippen molar-refractivity contribution in [3.8, 4) is 0 Å². The Bertz CT molecular complexity index is 475. The Kier molecular flexibility index (Phi) is 5.42. The first-order chi connectivity index (χ1) is 10.4. The first kappa shape index (κ1) is 16.8. The molecule has 1 heterocycles. The molecule has 1 aromatic carbocycles. The molecular formula is C17H28N4O. The Balaban J connectivity index is 1.77. The fraction of sp³-hybridized carbons (Fsp3) is 0.588.